The van der Waals surface area contributed by atoms with E-state index in [1.165, 1.54) is 0 Å². The highest BCUT2D eigenvalue weighted by Crippen LogP contribution is 2.57. The fourth-order valence-electron chi connectivity index (χ4n) is 3.29. The van der Waals surface area contributed by atoms with E-state index < -0.39 is 59.3 Å². The van der Waals surface area contributed by atoms with Crippen LogP contribution in [0.5, 0.6) is 11.5 Å². The van der Waals surface area contributed by atoms with Gasteiger partial charge in [0.2, 0.25) is 5.75 Å². The van der Waals surface area contributed by atoms with Gasteiger partial charge < -0.3 is 19.3 Å². The van der Waals surface area contributed by atoms with Gasteiger partial charge in [-0.25, -0.2) is 9.18 Å². The van der Waals surface area contributed by atoms with Crippen molar-refractivity contribution >= 4 is 5.97 Å². The Hall–Kier alpha value is -2.17. The van der Waals surface area contributed by atoms with Gasteiger partial charge in [-0.1, -0.05) is 13.0 Å². The van der Waals surface area contributed by atoms with Crippen molar-refractivity contribution in [2.24, 2.45) is 5.92 Å². The van der Waals surface area contributed by atoms with Gasteiger partial charge in [-0.05, 0) is 13.0 Å². The monoisotopic (exact) mass is 386 g/mol. The number of aliphatic carboxylic acids is 1. The van der Waals surface area contributed by atoms with Crippen molar-refractivity contribution in [1.82, 2.24) is 0 Å². The van der Waals surface area contributed by atoms with Crippen LogP contribution < -0.4 is 9.47 Å². The van der Waals surface area contributed by atoms with Crippen molar-refractivity contribution in [3.05, 3.63) is 23.5 Å². The molecule has 0 amide bonds. The molecule has 2 aliphatic heterocycles. The van der Waals surface area contributed by atoms with Crippen molar-refractivity contribution in [1.29, 1.82) is 0 Å². The molecule has 2 aliphatic rings. The molecule has 11 heteroatoms. The third kappa shape index (κ3) is 2.56. The van der Waals surface area contributed by atoms with Gasteiger partial charge in [0.15, 0.2) is 23.3 Å². The Morgan fingerprint density at radius 1 is 1.19 bits per heavy atom. The van der Waals surface area contributed by atoms with E-state index in [9.17, 15) is 36.2 Å². The molecule has 26 heavy (non-hydrogen) atoms. The topological polar surface area (TPSA) is 65.0 Å². The quantitative estimate of drug-likeness (QED) is 0.786. The number of benzene rings is 1. The molecule has 5 nitrogen and oxygen atoms in total. The molecule has 144 valence electrons. The van der Waals surface area contributed by atoms with E-state index >= 15 is 0 Å². The maximum atomic E-state index is 13.7. The lowest BCUT2D eigenvalue weighted by molar-refractivity contribution is -0.287. The lowest BCUT2D eigenvalue weighted by Gasteiger charge is -2.31. The Morgan fingerprint density at radius 2 is 1.77 bits per heavy atom. The maximum absolute atomic E-state index is 13.7. The summed E-state index contributed by atoms with van der Waals surface area (Å²) in [6.45, 7) is 1.74. The fraction of sp³-hybridized carbons (Fsp3) is 0.533. The zero-order valence-corrected chi connectivity index (χ0v) is 13.2. The molecule has 3 rings (SSSR count). The highest BCUT2D eigenvalue weighted by atomic mass is 19.4. The first-order chi connectivity index (χ1) is 11.8. The number of halogens is 6. The number of carboxylic acid groups (broad SMARTS) is 1. The van der Waals surface area contributed by atoms with Crippen LogP contribution >= 0.6 is 0 Å². The maximum Gasteiger partial charge on any atom is 0.586 e. The van der Waals surface area contributed by atoms with Gasteiger partial charge in [0.1, 0.15) is 0 Å². The summed E-state index contributed by atoms with van der Waals surface area (Å²) in [6, 6.07) is 1.58. The van der Waals surface area contributed by atoms with Crippen molar-refractivity contribution in [2.75, 3.05) is 0 Å². The summed E-state index contributed by atoms with van der Waals surface area (Å²) in [5, 5.41) is 9.28. The Bertz CT molecular complexity index is 764. The highest BCUT2D eigenvalue weighted by molar-refractivity contribution is 5.75. The number of hydrogen-bond donors (Lipinski definition) is 1. The molecule has 1 saturated heterocycles. The minimum absolute atomic E-state index is 0.369. The minimum atomic E-state index is -4.93. The van der Waals surface area contributed by atoms with E-state index in [0.717, 1.165) is 13.0 Å². The van der Waals surface area contributed by atoms with E-state index in [1.807, 2.05) is 0 Å². The standard InChI is InChI=1S/C15H12F6O5/c1-5-8(11(12(22)23)24-13(5,2)14(17,18)19)6-3-4-7(16)10-9(6)25-15(20,21)26-10/h3-5,8,11H,1-2H3,(H,22,23)/t5-,8-,11-,13+/m0/s1. The van der Waals surface area contributed by atoms with Crippen LogP contribution in [0.4, 0.5) is 26.3 Å². The van der Waals surface area contributed by atoms with Crippen molar-refractivity contribution < 1.29 is 50.5 Å². The Balaban J connectivity index is 2.15. The zero-order chi connectivity index (χ0) is 19.7. The third-order valence-electron chi connectivity index (χ3n) is 4.81. The summed E-state index contributed by atoms with van der Waals surface area (Å²) < 4.78 is 93.7. The summed E-state index contributed by atoms with van der Waals surface area (Å²) in [5.41, 5.74) is -3.23. The zero-order valence-electron chi connectivity index (χ0n) is 13.2. The van der Waals surface area contributed by atoms with Gasteiger partial charge in [0, 0.05) is 17.4 Å². The molecule has 0 unspecified atom stereocenters. The van der Waals surface area contributed by atoms with Crippen LogP contribution in [0.25, 0.3) is 0 Å². The van der Waals surface area contributed by atoms with Gasteiger partial charge in [-0.2, -0.15) is 13.2 Å². The van der Waals surface area contributed by atoms with Crippen LogP contribution in [0.3, 0.4) is 0 Å². The molecule has 0 spiro atoms. The summed E-state index contributed by atoms with van der Waals surface area (Å²) >= 11 is 0. The minimum Gasteiger partial charge on any atom is -0.479 e. The predicted octanol–water partition coefficient (Wildman–Crippen LogP) is 3.67. The number of carbonyl (C=O) groups is 1. The summed E-state index contributed by atoms with van der Waals surface area (Å²) in [7, 11) is 0. The van der Waals surface area contributed by atoms with E-state index in [2.05, 4.69) is 9.47 Å². The lowest BCUT2D eigenvalue weighted by Crippen LogP contribution is -2.47. The molecule has 4 atom stereocenters. The van der Waals surface area contributed by atoms with Gasteiger partial charge >= 0.3 is 18.4 Å². The largest absolute Gasteiger partial charge is 0.586 e. The number of carboxylic acids is 1. The summed E-state index contributed by atoms with van der Waals surface area (Å²) in [6.07, 6.45) is -11.2. The van der Waals surface area contributed by atoms with Crippen LogP contribution in [0.1, 0.15) is 25.3 Å². The molecule has 0 radical (unpaired) electrons. The molecule has 0 aliphatic carbocycles. The molecule has 1 N–H and O–H groups in total. The highest BCUT2D eigenvalue weighted by Gasteiger charge is 2.66. The Kier molecular flexibility index (Phi) is 3.88. The molecule has 0 aromatic heterocycles. The van der Waals surface area contributed by atoms with E-state index in [4.69, 9.17) is 4.74 Å². The van der Waals surface area contributed by atoms with Crippen LogP contribution in [-0.2, 0) is 9.53 Å². The lowest BCUT2D eigenvalue weighted by atomic mass is 9.77. The average Bonchev–Trinajstić information content (AvgIpc) is 2.96. The smallest absolute Gasteiger partial charge is 0.479 e. The van der Waals surface area contributed by atoms with Gasteiger partial charge in [-0.3, -0.25) is 0 Å². The molecule has 1 aromatic carbocycles. The molecular weight excluding hydrogens is 374 g/mol. The number of rotatable bonds is 2. The second-order valence-electron chi connectivity index (χ2n) is 6.26. The van der Waals surface area contributed by atoms with Crippen LogP contribution in [0, 0.1) is 11.7 Å². The first-order valence-electron chi connectivity index (χ1n) is 7.34. The van der Waals surface area contributed by atoms with E-state index in [-0.39, 0.29) is 5.56 Å². The van der Waals surface area contributed by atoms with Crippen molar-refractivity contribution in [3.8, 4) is 11.5 Å². The number of fused-ring (bicyclic) bond motifs is 1. The number of hydrogen-bond acceptors (Lipinski definition) is 4. The molecule has 1 fully saturated rings. The molecular formula is C15H12F6O5. The van der Waals surface area contributed by atoms with Gasteiger partial charge in [0.25, 0.3) is 0 Å². The fourth-order valence-corrected chi connectivity index (χ4v) is 3.29. The summed E-state index contributed by atoms with van der Waals surface area (Å²) in [5.74, 6) is -7.82. The normalized spacial score (nSPS) is 32.7. The van der Waals surface area contributed by atoms with Gasteiger partial charge in [0.05, 0.1) is 0 Å². The second kappa shape index (κ2) is 5.41. The van der Waals surface area contributed by atoms with E-state index in [1.54, 1.807) is 0 Å². The number of alkyl halides is 5. The number of ether oxygens (including phenoxy) is 3. The molecule has 1 aromatic rings. The average molecular weight is 386 g/mol. The molecule has 0 bridgehead atoms. The molecule has 0 saturated carbocycles. The Labute approximate surface area is 142 Å². The third-order valence-corrected chi connectivity index (χ3v) is 4.81. The van der Waals surface area contributed by atoms with Crippen LogP contribution in [-0.4, -0.2) is 35.3 Å². The first-order valence-corrected chi connectivity index (χ1v) is 7.34. The predicted molar refractivity (Wildman–Crippen MR) is 71.5 cm³/mol. The molecule has 2 heterocycles. The van der Waals surface area contributed by atoms with E-state index in [0.29, 0.717) is 13.0 Å². The van der Waals surface area contributed by atoms with Gasteiger partial charge in [-0.15, -0.1) is 8.78 Å². The van der Waals surface area contributed by atoms with Crippen molar-refractivity contribution in [2.45, 2.75) is 43.9 Å². The first kappa shape index (κ1) is 18.6. The second-order valence-corrected chi connectivity index (χ2v) is 6.26. The summed E-state index contributed by atoms with van der Waals surface area (Å²) in [4.78, 5) is 11.5. The SMILES string of the molecule is C[C@H]1[C@@H](c2ccc(F)c3c2OC(F)(F)O3)[C@@H](C(=O)O)O[C@@]1(C)C(F)(F)F. The van der Waals surface area contributed by atoms with Crippen molar-refractivity contribution in [3.63, 3.8) is 0 Å². The van der Waals surface area contributed by atoms with Crippen LogP contribution in [0.2, 0.25) is 0 Å². The Morgan fingerprint density at radius 3 is 2.31 bits per heavy atom. The van der Waals surface area contributed by atoms with Crippen LogP contribution in [0.15, 0.2) is 12.1 Å².